The number of rotatable bonds is 10. The van der Waals surface area contributed by atoms with Crippen LogP contribution in [-0.4, -0.2) is 94.1 Å². The average molecular weight is 592 g/mol. The van der Waals surface area contributed by atoms with Gasteiger partial charge in [0.15, 0.2) is 0 Å². The molecule has 222 valence electrons. The Labute approximate surface area is 238 Å². The molecule has 1 aliphatic carbocycles. The Kier molecular flexibility index (Phi) is 8.69. The molecule has 1 aromatic carbocycles. The molecule has 13 heteroatoms. The zero-order valence-electron chi connectivity index (χ0n) is 23.2. The van der Waals surface area contributed by atoms with E-state index in [1.165, 1.54) is 6.07 Å². The Bertz CT molecular complexity index is 1440. The number of nitrogens with one attached hydrogen (secondary N) is 2. The summed E-state index contributed by atoms with van der Waals surface area (Å²) in [4.78, 5) is 15.0. The highest BCUT2D eigenvalue weighted by molar-refractivity contribution is 7.89. The maximum atomic E-state index is 13.5. The molecule has 0 spiro atoms. The van der Waals surface area contributed by atoms with Gasteiger partial charge in [-0.25, -0.2) is 23.1 Å². The Morgan fingerprint density at radius 2 is 1.78 bits per heavy atom. The third-order valence-electron chi connectivity index (χ3n) is 7.67. The zero-order chi connectivity index (χ0) is 29.2. The van der Waals surface area contributed by atoms with Gasteiger partial charge in [-0.3, -0.25) is 4.90 Å². The summed E-state index contributed by atoms with van der Waals surface area (Å²) in [5, 5.41) is 4.14. The summed E-state index contributed by atoms with van der Waals surface area (Å²) in [6.07, 6.45) is -1.63. The molecule has 2 N–H and O–H groups in total. The maximum absolute atomic E-state index is 13.5. The predicted molar refractivity (Wildman–Crippen MR) is 154 cm³/mol. The first kappa shape index (κ1) is 29.5. The van der Waals surface area contributed by atoms with Gasteiger partial charge in [0.1, 0.15) is 16.5 Å². The van der Waals surface area contributed by atoms with Gasteiger partial charge >= 0.3 is 6.18 Å². The number of halogens is 3. The number of anilines is 2. The van der Waals surface area contributed by atoms with Gasteiger partial charge < -0.3 is 15.1 Å². The first-order chi connectivity index (χ1) is 19.5. The molecular formula is C28H36F3N7O2S. The van der Waals surface area contributed by atoms with Gasteiger partial charge in [-0.15, -0.1) is 0 Å². The largest absolute Gasteiger partial charge is 0.417 e. The Balaban J connectivity index is 1.17. The summed E-state index contributed by atoms with van der Waals surface area (Å²) in [6.45, 7) is 4.20. The number of aromatic nitrogens is 2. The quantitative estimate of drug-likeness (QED) is 0.370. The summed E-state index contributed by atoms with van der Waals surface area (Å²) < 4.78 is 68.1. The van der Waals surface area contributed by atoms with Gasteiger partial charge in [0, 0.05) is 63.4 Å². The number of hydrogen-bond acceptors (Lipinski definition) is 8. The number of pyridine rings is 2. The third-order valence-corrected chi connectivity index (χ3v) is 9.14. The van der Waals surface area contributed by atoms with Crippen molar-refractivity contribution in [3.05, 3.63) is 54.2 Å². The van der Waals surface area contributed by atoms with Crippen molar-refractivity contribution < 1.29 is 21.6 Å². The number of benzene rings is 1. The molecule has 1 saturated heterocycles. The molecule has 1 aliphatic heterocycles. The fourth-order valence-corrected chi connectivity index (χ4v) is 6.63. The number of hydrogen-bond donors (Lipinski definition) is 2. The van der Waals surface area contributed by atoms with Crippen LogP contribution in [0.5, 0.6) is 0 Å². The van der Waals surface area contributed by atoms with E-state index >= 15 is 0 Å². The molecule has 0 amide bonds. The van der Waals surface area contributed by atoms with E-state index in [9.17, 15) is 21.6 Å². The predicted octanol–water partition coefficient (Wildman–Crippen LogP) is 3.50. The second kappa shape index (κ2) is 12.1. The Morgan fingerprint density at radius 3 is 2.44 bits per heavy atom. The second-order valence-electron chi connectivity index (χ2n) is 11.1. The topological polar surface area (TPSA) is 93.7 Å². The Morgan fingerprint density at radius 1 is 1.05 bits per heavy atom. The van der Waals surface area contributed by atoms with Crippen molar-refractivity contribution >= 4 is 32.6 Å². The highest BCUT2D eigenvalue weighted by Crippen LogP contribution is 2.33. The zero-order valence-corrected chi connectivity index (χ0v) is 24.0. The molecule has 2 fully saturated rings. The smallest absolute Gasteiger partial charge is 0.366 e. The summed E-state index contributed by atoms with van der Waals surface area (Å²) in [5.74, 6) is 1.46. The molecule has 5 rings (SSSR count). The van der Waals surface area contributed by atoms with Crippen molar-refractivity contribution in [1.82, 2.24) is 24.5 Å². The minimum absolute atomic E-state index is 0.144. The van der Waals surface area contributed by atoms with Gasteiger partial charge in [-0.2, -0.15) is 13.2 Å². The number of fused-ring (bicyclic) bond motifs is 1. The van der Waals surface area contributed by atoms with Gasteiger partial charge in [-0.1, -0.05) is 18.2 Å². The van der Waals surface area contributed by atoms with E-state index in [4.69, 9.17) is 0 Å². The van der Waals surface area contributed by atoms with Gasteiger partial charge in [0.25, 0.3) is 0 Å². The van der Waals surface area contributed by atoms with Crippen LogP contribution in [0.3, 0.4) is 0 Å². The minimum Gasteiger partial charge on any atom is -0.366 e. The lowest BCUT2D eigenvalue weighted by atomic mass is 9.80. The minimum atomic E-state index is -4.41. The molecule has 3 heterocycles. The Hall–Kier alpha value is -3.00. The first-order valence-corrected chi connectivity index (χ1v) is 15.3. The molecule has 41 heavy (non-hydrogen) atoms. The highest BCUT2D eigenvalue weighted by atomic mass is 32.2. The van der Waals surface area contributed by atoms with Crippen LogP contribution in [0.1, 0.15) is 18.4 Å². The van der Waals surface area contributed by atoms with E-state index in [-0.39, 0.29) is 17.5 Å². The van der Waals surface area contributed by atoms with E-state index in [0.29, 0.717) is 50.3 Å². The van der Waals surface area contributed by atoms with E-state index in [2.05, 4.69) is 43.9 Å². The van der Waals surface area contributed by atoms with Crippen LogP contribution in [0.2, 0.25) is 0 Å². The second-order valence-corrected chi connectivity index (χ2v) is 12.8. The van der Waals surface area contributed by atoms with E-state index in [1.807, 2.05) is 29.2 Å². The lowest BCUT2D eigenvalue weighted by Crippen LogP contribution is -2.48. The molecular weight excluding hydrogens is 555 g/mol. The number of alkyl halides is 3. The van der Waals surface area contributed by atoms with Crippen molar-refractivity contribution in [1.29, 1.82) is 0 Å². The van der Waals surface area contributed by atoms with Crippen LogP contribution in [0, 0.1) is 5.92 Å². The van der Waals surface area contributed by atoms with Gasteiger partial charge in [-0.05, 0) is 57.1 Å². The van der Waals surface area contributed by atoms with Crippen molar-refractivity contribution in [2.75, 3.05) is 70.1 Å². The van der Waals surface area contributed by atoms with Gasteiger partial charge in [0.2, 0.25) is 10.0 Å². The van der Waals surface area contributed by atoms with E-state index in [0.717, 1.165) is 42.6 Å². The molecule has 0 bridgehead atoms. The summed E-state index contributed by atoms with van der Waals surface area (Å²) in [6, 6.07) is 11.8. The van der Waals surface area contributed by atoms with Crippen molar-refractivity contribution in [3.8, 4) is 0 Å². The first-order valence-electron chi connectivity index (χ1n) is 13.8. The van der Waals surface area contributed by atoms with Crippen molar-refractivity contribution in [2.24, 2.45) is 5.92 Å². The average Bonchev–Trinajstić information content (AvgIpc) is 2.91. The normalized spacial score (nSPS) is 20.4. The van der Waals surface area contributed by atoms with E-state index < -0.39 is 21.8 Å². The SMILES string of the molecule is CN(C)CC1CC(Nc2nc3ccccc3cc2S(=O)(=O)NCCN2CCN(c3ccc(C(F)(F)F)cn3)CC2)C1. The van der Waals surface area contributed by atoms with Crippen molar-refractivity contribution in [2.45, 2.75) is 30.0 Å². The molecule has 3 aromatic rings. The molecule has 0 atom stereocenters. The van der Waals surface area contributed by atoms with Gasteiger partial charge in [0.05, 0.1) is 11.1 Å². The summed E-state index contributed by atoms with van der Waals surface area (Å²) in [7, 11) is 0.270. The monoisotopic (exact) mass is 591 g/mol. The van der Waals surface area contributed by atoms with Crippen LogP contribution < -0.4 is 14.9 Å². The van der Waals surface area contributed by atoms with Crippen LogP contribution in [-0.2, 0) is 16.2 Å². The van der Waals surface area contributed by atoms with Crippen molar-refractivity contribution in [3.63, 3.8) is 0 Å². The molecule has 2 aromatic heterocycles. The number of para-hydroxylation sites is 1. The number of sulfonamides is 1. The maximum Gasteiger partial charge on any atom is 0.417 e. The lowest BCUT2D eigenvalue weighted by molar-refractivity contribution is -0.137. The third kappa shape index (κ3) is 7.26. The number of piperazine rings is 1. The molecule has 0 unspecified atom stereocenters. The van der Waals surface area contributed by atoms with Crippen LogP contribution in [0.15, 0.2) is 53.6 Å². The molecule has 2 aliphatic rings. The van der Waals surface area contributed by atoms with Crippen LogP contribution in [0.25, 0.3) is 10.9 Å². The molecule has 1 saturated carbocycles. The number of nitrogens with zero attached hydrogens (tertiary/aromatic N) is 5. The summed E-state index contributed by atoms with van der Waals surface area (Å²) >= 11 is 0. The van der Waals surface area contributed by atoms with Crippen LogP contribution in [0.4, 0.5) is 24.8 Å². The fraction of sp³-hybridized carbons (Fsp3) is 0.500. The molecule has 9 nitrogen and oxygen atoms in total. The fourth-order valence-electron chi connectivity index (χ4n) is 5.47. The standard InChI is InChI=1S/C28H36F3N7O2S/c1-36(2)19-20-15-23(16-20)34-27-25(17-21-5-3-4-6-24(21)35-27)41(39,40)33-9-10-37-11-13-38(14-12-37)26-8-7-22(18-32-26)28(29,30)31/h3-8,17-18,20,23,33H,9-16,19H2,1-2H3,(H,34,35). The van der Waals surface area contributed by atoms with E-state index in [1.54, 1.807) is 6.07 Å². The summed E-state index contributed by atoms with van der Waals surface area (Å²) in [5.41, 5.74) is -0.0353. The van der Waals surface area contributed by atoms with Crippen LogP contribution >= 0.6 is 0 Å². The molecule has 0 radical (unpaired) electrons. The lowest BCUT2D eigenvalue weighted by Gasteiger charge is -2.38. The highest BCUT2D eigenvalue weighted by Gasteiger charge is 2.32.